The van der Waals surface area contributed by atoms with Gasteiger partial charge in [-0.3, -0.25) is 15.0 Å². The lowest BCUT2D eigenvalue weighted by Crippen LogP contribution is -2.37. The summed E-state index contributed by atoms with van der Waals surface area (Å²) in [5.74, 6) is 1.01. The maximum atomic E-state index is 5.56. The maximum Gasteiger partial charge on any atom is 0.158 e. The number of ether oxygens (including phenoxy) is 1. The van der Waals surface area contributed by atoms with Crippen LogP contribution in [0, 0.1) is 0 Å². The van der Waals surface area contributed by atoms with Gasteiger partial charge in [0.25, 0.3) is 0 Å². The number of aliphatic imine (C=N–C) groups is 1. The first-order chi connectivity index (χ1) is 16.8. The fourth-order valence-electron chi connectivity index (χ4n) is 4.24. The van der Waals surface area contributed by atoms with Gasteiger partial charge in [0.1, 0.15) is 5.82 Å². The second kappa shape index (κ2) is 8.99. The van der Waals surface area contributed by atoms with Gasteiger partial charge in [-0.15, -0.1) is 0 Å². The quantitative estimate of drug-likeness (QED) is 0.380. The highest BCUT2D eigenvalue weighted by Gasteiger charge is 2.18. The van der Waals surface area contributed by atoms with Crippen LogP contribution >= 0.6 is 0 Å². The van der Waals surface area contributed by atoms with Crippen molar-refractivity contribution in [1.29, 1.82) is 0 Å². The number of para-hydroxylation sites is 1. The second-order valence-corrected chi connectivity index (χ2v) is 8.13. The van der Waals surface area contributed by atoms with Crippen molar-refractivity contribution in [2.75, 3.05) is 31.2 Å². The Morgan fingerprint density at radius 1 is 0.971 bits per heavy atom. The summed E-state index contributed by atoms with van der Waals surface area (Å²) < 4.78 is 7.49. The lowest BCUT2D eigenvalue weighted by atomic mass is 10.1. The Balaban J connectivity index is 1.36. The summed E-state index contributed by atoms with van der Waals surface area (Å²) in [6.45, 7) is 3.50. The second-order valence-electron chi connectivity index (χ2n) is 8.13. The van der Waals surface area contributed by atoms with Gasteiger partial charge < -0.3 is 9.64 Å². The van der Waals surface area contributed by atoms with Crippen molar-refractivity contribution in [3.8, 4) is 11.3 Å². The van der Waals surface area contributed by atoms with Crippen molar-refractivity contribution < 1.29 is 4.74 Å². The van der Waals surface area contributed by atoms with E-state index >= 15 is 0 Å². The summed E-state index contributed by atoms with van der Waals surface area (Å²) in [6.07, 6.45) is 7.28. The van der Waals surface area contributed by atoms with E-state index in [9.17, 15) is 0 Å². The Bertz CT molecular complexity index is 1470. The van der Waals surface area contributed by atoms with Gasteiger partial charge in [-0.1, -0.05) is 18.2 Å². The fraction of sp³-hybridized carbons (Fsp3) is 0.192. The molecule has 1 aliphatic rings. The smallest absolute Gasteiger partial charge is 0.158 e. The molecule has 5 heterocycles. The molecule has 0 saturated carbocycles. The Kier molecular flexibility index (Phi) is 5.41. The van der Waals surface area contributed by atoms with E-state index in [1.54, 1.807) is 12.4 Å². The minimum Gasteiger partial charge on any atom is -0.378 e. The van der Waals surface area contributed by atoms with Gasteiger partial charge in [0.15, 0.2) is 5.65 Å². The predicted octanol–water partition coefficient (Wildman–Crippen LogP) is 3.80. The fourth-order valence-corrected chi connectivity index (χ4v) is 4.24. The van der Waals surface area contributed by atoms with Crippen LogP contribution in [-0.4, -0.2) is 57.1 Å². The summed E-state index contributed by atoms with van der Waals surface area (Å²) in [6, 6.07) is 18.1. The summed E-state index contributed by atoms with van der Waals surface area (Å²) in [5.41, 5.74) is 5.58. The van der Waals surface area contributed by atoms with E-state index in [1.165, 1.54) is 0 Å². The summed E-state index contributed by atoms with van der Waals surface area (Å²) in [7, 11) is 0. The van der Waals surface area contributed by atoms with Crippen LogP contribution < -0.4 is 4.90 Å². The van der Waals surface area contributed by atoms with Gasteiger partial charge in [-0.25, -0.2) is 4.98 Å². The predicted molar refractivity (Wildman–Crippen MR) is 132 cm³/mol. The highest BCUT2D eigenvalue weighted by atomic mass is 16.5. The number of morpholine rings is 1. The molecule has 0 radical (unpaired) electrons. The van der Waals surface area contributed by atoms with Crippen LogP contribution in [0.4, 0.5) is 5.82 Å². The first-order valence-corrected chi connectivity index (χ1v) is 11.3. The number of hydrogen-bond acceptors (Lipinski definition) is 7. The lowest BCUT2D eigenvalue weighted by Gasteiger charge is -2.29. The van der Waals surface area contributed by atoms with E-state index in [0.29, 0.717) is 19.8 Å². The Hall–Kier alpha value is -4.17. The molecular weight excluding hydrogens is 426 g/mol. The largest absolute Gasteiger partial charge is 0.378 e. The molecule has 1 saturated heterocycles. The normalized spacial score (nSPS) is 14.4. The molecule has 0 bridgehead atoms. The Labute approximate surface area is 196 Å². The van der Waals surface area contributed by atoms with Crippen LogP contribution in [0.2, 0.25) is 0 Å². The topological polar surface area (TPSA) is 80.8 Å². The third-order valence-corrected chi connectivity index (χ3v) is 5.94. The maximum absolute atomic E-state index is 5.56. The molecule has 8 heteroatoms. The van der Waals surface area contributed by atoms with Crippen molar-refractivity contribution in [3.63, 3.8) is 0 Å². The first-order valence-electron chi connectivity index (χ1n) is 11.3. The number of rotatable bonds is 5. The van der Waals surface area contributed by atoms with E-state index < -0.39 is 0 Å². The molecule has 1 aliphatic heterocycles. The molecule has 8 nitrogen and oxygen atoms in total. The zero-order valence-corrected chi connectivity index (χ0v) is 18.6. The summed E-state index contributed by atoms with van der Waals surface area (Å²) >= 11 is 0. The molecule has 1 aromatic carbocycles. The molecule has 34 heavy (non-hydrogen) atoms. The molecule has 0 atom stereocenters. The zero-order chi connectivity index (χ0) is 22.7. The molecule has 5 aromatic rings. The van der Waals surface area contributed by atoms with Crippen molar-refractivity contribution in [2.45, 2.75) is 6.54 Å². The van der Waals surface area contributed by atoms with Gasteiger partial charge in [0.05, 0.1) is 36.7 Å². The van der Waals surface area contributed by atoms with Crippen LogP contribution in [-0.2, 0) is 11.3 Å². The van der Waals surface area contributed by atoms with E-state index in [2.05, 4.69) is 27.0 Å². The number of aromatic nitrogens is 5. The average molecular weight is 450 g/mol. The number of fused-ring (bicyclic) bond motifs is 2. The van der Waals surface area contributed by atoms with Crippen LogP contribution in [0.3, 0.4) is 0 Å². The van der Waals surface area contributed by atoms with Crippen molar-refractivity contribution >= 4 is 28.6 Å². The van der Waals surface area contributed by atoms with E-state index in [0.717, 1.165) is 58.0 Å². The average Bonchev–Trinajstić information content (AvgIpc) is 3.34. The van der Waals surface area contributed by atoms with Crippen LogP contribution in [0.15, 0.2) is 78.2 Å². The van der Waals surface area contributed by atoms with Gasteiger partial charge in [0, 0.05) is 66.5 Å². The molecule has 0 aliphatic carbocycles. The standard InChI is InChI=1S/C26H23N7O/c1-2-4-23-22(3-1)20(7-10-29-23)17-28-18-21-15-26(32-11-13-34-14-12-32)33-25(30-21)16-24(31-33)19-5-8-27-9-6-19/h1-10,15-17H,11-14,18H2. The van der Waals surface area contributed by atoms with Crippen molar-refractivity contribution in [3.05, 3.63) is 84.4 Å². The molecule has 6 rings (SSSR count). The van der Waals surface area contributed by atoms with E-state index in [4.69, 9.17) is 19.8 Å². The molecule has 1 fully saturated rings. The van der Waals surface area contributed by atoms with Gasteiger partial charge in [-0.05, 0) is 24.3 Å². The lowest BCUT2D eigenvalue weighted by molar-refractivity contribution is 0.122. The molecule has 0 spiro atoms. The molecule has 0 amide bonds. The summed E-state index contributed by atoms with van der Waals surface area (Å²) in [4.78, 5) is 20.4. The zero-order valence-electron chi connectivity index (χ0n) is 18.6. The Morgan fingerprint density at radius 2 is 1.82 bits per heavy atom. The molecule has 168 valence electrons. The first kappa shape index (κ1) is 20.4. The van der Waals surface area contributed by atoms with Crippen LogP contribution in [0.25, 0.3) is 27.8 Å². The monoisotopic (exact) mass is 449 g/mol. The van der Waals surface area contributed by atoms with E-state index in [1.807, 2.05) is 59.4 Å². The SMILES string of the molecule is C(=NCc1cc(N2CCOCC2)n2nc(-c3ccncc3)cc2n1)c1ccnc2ccccc12. The number of nitrogens with zero attached hydrogens (tertiary/aromatic N) is 7. The van der Waals surface area contributed by atoms with Crippen LogP contribution in [0.1, 0.15) is 11.3 Å². The van der Waals surface area contributed by atoms with Gasteiger partial charge in [-0.2, -0.15) is 9.61 Å². The number of anilines is 1. The third kappa shape index (κ3) is 3.99. The van der Waals surface area contributed by atoms with Crippen molar-refractivity contribution in [1.82, 2.24) is 24.6 Å². The minimum absolute atomic E-state index is 0.472. The summed E-state index contributed by atoms with van der Waals surface area (Å²) in [5, 5.41) is 5.95. The Morgan fingerprint density at radius 3 is 2.71 bits per heavy atom. The highest BCUT2D eigenvalue weighted by Crippen LogP contribution is 2.24. The number of benzene rings is 1. The minimum atomic E-state index is 0.472. The molecule has 0 unspecified atom stereocenters. The number of hydrogen-bond donors (Lipinski definition) is 0. The van der Waals surface area contributed by atoms with Gasteiger partial charge >= 0.3 is 0 Å². The number of pyridine rings is 2. The van der Waals surface area contributed by atoms with E-state index in [-0.39, 0.29) is 0 Å². The van der Waals surface area contributed by atoms with Crippen molar-refractivity contribution in [2.24, 2.45) is 4.99 Å². The van der Waals surface area contributed by atoms with Gasteiger partial charge in [0.2, 0.25) is 0 Å². The molecule has 0 N–H and O–H groups in total. The molecule has 4 aromatic heterocycles. The third-order valence-electron chi connectivity index (χ3n) is 5.94. The highest BCUT2D eigenvalue weighted by molar-refractivity contribution is 5.97. The van der Waals surface area contributed by atoms with Crippen LogP contribution in [0.5, 0.6) is 0 Å². The molecular formula is C26H23N7O.